The maximum absolute atomic E-state index is 12.2. The van der Waals surface area contributed by atoms with Crippen LogP contribution in [0.1, 0.15) is 5.56 Å². The molecular weight excluding hydrogens is 278 g/mol. The van der Waals surface area contributed by atoms with Crippen LogP contribution in [0.15, 0.2) is 23.1 Å². The van der Waals surface area contributed by atoms with Gasteiger partial charge in [0.2, 0.25) is 10.0 Å². The van der Waals surface area contributed by atoms with E-state index >= 15 is 0 Å². The number of benzene rings is 1. The molecule has 0 saturated carbocycles. The normalized spacial score (nSPS) is 17.4. The zero-order valence-electron chi connectivity index (χ0n) is 9.63. The number of aryl methyl sites for hydroxylation is 1. The monoisotopic (exact) mass is 289 g/mol. The molecule has 1 aliphatic heterocycles. The third-order valence-electron chi connectivity index (χ3n) is 2.97. The molecule has 1 heterocycles. The molecule has 1 saturated heterocycles. The van der Waals surface area contributed by atoms with E-state index in [1.807, 2.05) is 0 Å². The van der Waals surface area contributed by atoms with E-state index in [9.17, 15) is 13.2 Å². The smallest absolute Gasteiger partial charge is 0.309 e. The van der Waals surface area contributed by atoms with Crippen LogP contribution in [-0.4, -0.2) is 36.9 Å². The van der Waals surface area contributed by atoms with E-state index in [1.54, 1.807) is 19.1 Å². The fourth-order valence-corrected chi connectivity index (χ4v) is 3.80. The van der Waals surface area contributed by atoms with Crippen LogP contribution in [0.2, 0.25) is 5.02 Å². The molecule has 18 heavy (non-hydrogen) atoms. The Morgan fingerprint density at radius 3 is 2.61 bits per heavy atom. The van der Waals surface area contributed by atoms with E-state index in [0.29, 0.717) is 10.6 Å². The Morgan fingerprint density at radius 2 is 2.06 bits per heavy atom. The van der Waals surface area contributed by atoms with Crippen LogP contribution in [-0.2, 0) is 14.8 Å². The van der Waals surface area contributed by atoms with Gasteiger partial charge in [-0.1, -0.05) is 17.7 Å². The predicted molar refractivity (Wildman–Crippen MR) is 66.1 cm³/mol. The molecule has 0 bridgehead atoms. The molecule has 1 aromatic rings. The van der Waals surface area contributed by atoms with Crippen LogP contribution in [0.25, 0.3) is 0 Å². The second-order valence-electron chi connectivity index (χ2n) is 4.27. The van der Waals surface area contributed by atoms with Gasteiger partial charge in [0.25, 0.3) is 0 Å². The van der Waals surface area contributed by atoms with E-state index < -0.39 is 21.9 Å². The van der Waals surface area contributed by atoms with Gasteiger partial charge in [-0.15, -0.1) is 0 Å². The van der Waals surface area contributed by atoms with Gasteiger partial charge in [-0.3, -0.25) is 4.79 Å². The molecular formula is C11H12ClNO4S. The number of sulfonamides is 1. The van der Waals surface area contributed by atoms with Crippen molar-refractivity contribution in [2.45, 2.75) is 11.8 Å². The zero-order valence-corrected chi connectivity index (χ0v) is 11.2. The third kappa shape index (κ3) is 2.23. The van der Waals surface area contributed by atoms with Crippen molar-refractivity contribution >= 4 is 27.6 Å². The van der Waals surface area contributed by atoms with Gasteiger partial charge in [0.15, 0.2) is 0 Å². The van der Waals surface area contributed by atoms with Gasteiger partial charge in [0, 0.05) is 18.1 Å². The topological polar surface area (TPSA) is 74.7 Å². The van der Waals surface area contributed by atoms with Crippen molar-refractivity contribution in [1.82, 2.24) is 4.31 Å². The van der Waals surface area contributed by atoms with Crippen LogP contribution in [0.4, 0.5) is 0 Å². The molecule has 1 aromatic carbocycles. The highest BCUT2D eigenvalue weighted by atomic mass is 35.5. The largest absolute Gasteiger partial charge is 0.481 e. The van der Waals surface area contributed by atoms with Crippen LogP contribution in [0, 0.1) is 12.8 Å². The van der Waals surface area contributed by atoms with Crippen LogP contribution >= 0.6 is 11.6 Å². The minimum absolute atomic E-state index is 0.0175. The number of carbonyl (C=O) groups is 1. The van der Waals surface area contributed by atoms with E-state index in [2.05, 4.69) is 0 Å². The molecule has 0 spiro atoms. The first-order valence-electron chi connectivity index (χ1n) is 5.31. The Kier molecular flexibility index (Phi) is 3.35. The van der Waals surface area contributed by atoms with Gasteiger partial charge in [0.1, 0.15) is 0 Å². The van der Waals surface area contributed by atoms with E-state index in [1.165, 1.54) is 6.07 Å². The lowest BCUT2D eigenvalue weighted by Crippen LogP contribution is -2.52. The summed E-state index contributed by atoms with van der Waals surface area (Å²) in [7, 11) is -3.64. The number of carboxylic acids is 1. The molecule has 0 radical (unpaired) electrons. The fourth-order valence-electron chi connectivity index (χ4n) is 1.78. The average molecular weight is 290 g/mol. The first kappa shape index (κ1) is 13.3. The van der Waals surface area contributed by atoms with Gasteiger partial charge in [0.05, 0.1) is 10.8 Å². The Hall–Kier alpha value is -1.11. The number of halogens is 1. The summed E-state index contributed by atoms with van der Waals surface area (Å²) in [5.74, 6) is -1.58. The van der Waals surface area contributed by atoms with Crippen molar-refractivity contribution < 1.29 is 18.3 Å². The Morgan fingerprint density at radius 1 is 1.44 bits per heavy atom. The Bertz CT molecular complexity index is 593. The maximum atomic E-state index is 12.2. The SMILES string of the molecule is Cc1ccc(Cl)cc1S(=O)(=O)N1CC(C(=O)O)C1. The van der Waals surface area contributed by atoms with Crippen LogP contribution in [0.3, 0.4) is 0 Å². The van der Waals surface area contributed by atoms with Gasteiger partial charge < -0.3 is 5.11 Å². The molecule has 0 aliphatic carbocycles. The van der Waals surface area contributed by atoms with Crippen LogP contribution in [0.5, 0.6) is 0 Å². The van der Waals surface area contributed by atoms with E-state index in [-0.39, 0.29) is 18.0 Å². The highest BCUT2D eigenvalue weighted by Gasteiger charge is 2.40. The Labute approximate surface area is 110 Å². The molecule has 1 fully saturated rings. The summed E-state index contributed by atoms with van der Waals surface area (Å²) in [5.41, 5.74) is 0.596. The van der Waals surface area contributed by atoms with Crippen molar-refractivity contribution in [3.8, 4) is 0 Å². The van der Waals surface area contributed by atoms with Gasteiger partial charge in [-0.2, -0.15) is 4.31 Å². The predicted octanol–water partition coefficient (Wildman–Crippen LogP) is 1.35. The summed E-state index contributed by atoms with van der Waals surface area (Å²) in [6.45, 7) is 1.71. The molecule has 0 unspecified atom stereocenters. The van der Waals surface area contributed by atoms with Gasteiger partial charge >= 0.3 is 5.97 Å². The van der Waals surface area contributed by atoms with Crippen LogP contribution < -0.4 is 0 Å². The zero-order chi connectivity index (χ0) is 13.5. The minimum Gasteiger partial charge on any atom is -0.481 e. The van der Waals surface area contributed by atoms with Gasteiger partial charge in [-0.25, -0.2) is 8.42 Å². The standard InChI is InChI=1S/C11H12ClNO4S/c1-7-2-3-9(12)4-10(7)18(16,17)13-5-8(6-13)11(14)15/h2-4,8H,5-6H2,1H3,(H,14,15). The number of hydrogen-bond acceptors (Lipinski definition) is 3. The third-order valence-corrected chi connectivity index (χ3v) is 5.17. The summed E-state index contributed by atoms with van der Waals surface area (Å²) in [6.07, 6.45) is 0. The summed E-state index contributed by atoms with van der Waals surface area (Å²) >= 11 is 5.79. The van der Waals surface area contributed by atoms with Gasteiger partial charge in [-0.05, 0) is 24.6 Å². The summed E-state index contributed by atoms with van der Waals surface area (Å²) in [5, 5.41) is 9.09. The number of carboxylic acid groups (broad SMARTS) is 1. The summed E-state index contributed by atoms with van der Waals surface area (Å²) < 4.78 is 25.6. The second kappa shape index (κ2) is 4.53. The lowest BCUT2D eigenvalue weighted by atomic mass is 10.0. The Balaban J connectivity index is 2.28. The molecule has 1 aliphatic rings. The molecule has 0 aromatic heterocycles. The molecule has 1 N–H and O–H groups in total. The lowest BCUT2D eigenvalue weighted by Gasteiger charge is -2.35. The lowest BCUT2D eigenvalue weighted by molar-refractivity contribution is -0.145. The van der Waals surface area contributed by atoms with Crippen molar-refractivity contribution in [2.24, 2.45) is 5.92 Å². The van der Waals surface area contributed by atoms with Crippen molar-refractivity contribution in [2.75, 3.05) is 13.1 Å². The summed E-state index contributed by atoms with van der Waals surface area (Å²) in [6, 6.07) is 4.63. The van der Waals surface area contributed by atoms with Crippen molar-refractivity contribution in [1.29, 1.82) is 0 Å². The maximum Gasteiger partial charge on any atom is 0.309 e. The molecule has 0 atom stereocenters. The first-order valence-corrected chi connectivity index (χ1v) is 7.13. The quantitative estimate of drug-likeness (QED) is 0.911. The number of nitrogens with zero attached hydrogens (tertiary/aromatic N) is 1. The van der Waals surface area contributed by atoms with Crippen molar-refractivity contribution in [3.63, 3.8) is 0 Å². The average Bonchev–Trinajstić information content (AvgIpc) is 2.18. The number of rotatable bonds is 3. The summed E-state index contributed by atoms with van der Waals surface area (Å²) in [4.78, 5) is 10.8. The van der Waals surface area contributed by atoms with Crippen molar-refractivity contribution in [3.05, 3.63) is 28.8 Å². The minimum atomic E-state index is -3.64. The highest BCUT2D eigenvalue weighted by Crippen LogP contribution is 2.28. The first-order chi connectivity index (χ1) is 8.32. The molecule has 98 valence electrons. The molecule has 2 rings (SSSR count). The number of hydrogen-bond donors (Lipinski definition) is 1. The molecule has 0 amide bonds. The molecule has 5 nitrogen and oxygen atoms in total. The number of aliphatic carboxylic acids is 1. The van der Waals surface area contributed by atoms with E-state index in [0.717, 1.165) is 4.31 Å². The molecule has 7 heteroatoms. The fraction of sp³-hybridized carbons (Fsp3) is 0.364. The second-order valence-corrected chi connectivity index (χ2v) is 6.61. The van der Waals surface area contributed by atoms with E-state index in [4.69, 9.17) is 16.7 Å². The highest BCUT2D eigenvalue weighted by molar-refractivity contribution is 7.89.